The molecule has 0 bridgehead atoms. The number of carbonyl (C=O) groups excluding carboxylic acids is 1. The van der Waals surface area contributed by atoms with E-state index in [9.17, 15) is 4.79 Å². The van der Waals surface area contributed by atoms with Crippen molar-refractivity contribution in [1.82, 2.24) is 0 Å². The predicted octanol–water partition coefficient (Wildman–Crippen LogP) is 2.48. The van der Waals surface area contributed by atoms with Crippen molar-refractivity contribution >= 4 is 23.5 Å². The summed E-state index contributed by atoms with van der Waals surface area (Å²) in [6.45, 7) is 0. The molecule has 3 heteroatoms. The maximum atomic E-state index is 11.2. The van der Waals surface area contributed by atoms with Gasteiger partial charge in [-0.3, -0.25) is 4.79 Å². The fraction of sp³-hybridized carbons (Fsp3) is 0.182. The van der Waals surface area contributed by atoms with E-state index in [2.05, 4.69) is 4.74 Å². The summed E-state index contributed by atoms with van der Waals surface area (Å²) in [5.41, 5.74) is 0.0655. The highest BCUT2D eigenvalue weighted by atomic mass is 35.5. The minimum atomic E-state index is -0.894. The zero-order valence-electron chi connectivity index (χ0n) is 7.81. The molecule has 0 saturated carbocycles. The van der Waals surface area contributed by atoms with Crippen LogP contribution in [0.2, 0.25) is 0 Å². The molecule has 0 N–H and O–H groups in total. The summed E-state index contributed by atoms with van der Waals surface area (Å²) in [7, 11) is 1.39. The van der Waals surface area contributed by atoms with Crippen LogP contribution in [0.5, 0.6) is 0 Å². The van der Waals surface area contributed by atoms with E-state index in [-0.39, 0.29) is 5.78 Å². The number of hydrogen-bond acceptors (Lipinski definition) is 2. The van der Waals surface area contributed by atoms with E-state index in [0.29, 0.717) is 0 Å². The second kappa shape index (κ2) is 5.58. The van der Waals surface area contributed by atoms with Crippen molar-refractivity contribution in [2.45, 2.75) is 5.56 Å². The topological polar surface area (TPSA) is 26.3 Å². The van der Waals surface area contributed by atoms with Gasteiger partial charge in [-0.25, -0.2) is 0 Å². The first-order chi connectivity index (χ1) is 6.74. The van der Waals surface area contributed by atoms with E-state index < -0.39 is 5.56 Å². The van der Waals surface area contributed by atoms with Crippen molar-refractivity contribution in [3.63, 3.8) is 0 Å². The number of methoxy groups -OCH3 is 1. The molecule has 0 heterocycles. The molecule has 1 rings (SSSR count). The van der Waals surface area contributed by atoms with Crippen molar-refractivity contribution in [2.75, 3.05) is 7.11 Å². The number of carbonyl (C=O) groups is 1. The summed E-state index contributed by atoms with van der Waals surface area (Å²) in [4.78, 5) is 11.2. The highest BCUT2D eigenvalue weighted by Crippen LogP contribution is 2.04. The molecule has 0 aliphatic carbocycles. The molecule has 14 heavy (non-hydrogen) atoms. The van der Waals surface area contributed by atoms with Crippen molar-refractivity contribution in [1.29, 1.82) is 0 Å². The Morgan fingerprint density at radius 1 is 1.43 bits per heavy atom. The lowest BCUT2D eigenvalue weighted by Crippen LogP contribution is -2.12. The molecule has 0 spiro atoms. The first kappa shape index (κ1) is 11.0. The standard InChI is InChI=1S/C11H11ClO2/c1-14-11(12)10(13)8-7-9-5-3-2-4-6-9/h2-8,11H,1H3. The molecule has 74 valence electrons. The van der Waals surface area contributed by atoms with Crippen LogP contribution in [0, 0.1) is 0 Å². The van der Waals surface area contributed by atoms with Gasteiger partial charge in [-0.05, 0) is 11.6 Å². The number of hydrogen-bond donors (Lipinski definition) is 0. The molecule has 1 unspecified atom stereocenters. The lowest BCUT2D eigenvalue weighted by Gasteiger charge is -2.00. The molecule has 0 amide bonds. The first-order valence-corrected chi connectivity index (χ1v) is 4.61. The van der Waals surface area contributed by atoms with Crippen molar-refractivity contribution in [3.8, 4) is 0 Å². The summed E-state index contributed by atoms with van der Waals surface area (Å²) >= 11 is 5.56. The van der Waals surface area contributed by atoms with Crippen LogP contribution in [0.25, 0.3) is 6.08 Å². The third-order valence-electron chi connectivity index (χ3n) is 1.67. The molecule has 1 aromatic carbocycles. The van der Waals surface area contributed by atoms with Crippen LogP contribution >= 0.6 is 11.6 Å². The summed E-state index contributed by atoms with van der Waals surface area (Å²) in [5, 5.41) is 0. The van der Waals surface area contributed by atoms with Gasteiger partial charge in [0.25, 0.3) is 0 Å². The highest BCUT2D eigenvalue weighted by Gasteiger charge is 2.09. The van der Waals surface area contributed by atoms with Crippen LogP contribution < -0.4 is 0 Å². The third-order valence-corrected chi connectivity index (χ3v) is 2.06. The van der Waals surface area contributed by atoms with Crippen LogP contribution in [0.3, 0.4) is 0 Å². The fourth-order valence-corrected chi connectivity index (χ4v) is 1.01. The van der Waals surface area contributed by atoms with Gasteiger partial charge in [0, 0.05) is 7.11 Å². The third kappa shape index (κ3) is 3.32. The Hall–Kier alpha value is -1.12. The molecule has 0 radical (unpaired) electrons. The van der Waals surface area contributed by atoms with Crippen LogP contribution in [0.1, 0.15) is 5.56 Å². The zero-order chi connectivity index (χ0) is 10.4. The maximum absolute atomic E-state index is 11.2. The molecule has 2 nitrogen and oxygen atoms in total. The smallest absolute Gasteiger partial charge is 0.199 e. The molecule has 1 atom stereocenters. The summed E-state index contributed by atoms with van der Waals surface area (Å²) in [6.07, 6.45) is 3.12. The molecule has 0 aliphatic heterocycles. The monoisotopic (exact) mass is 210 g/mol. The van der Waals surface area contributed by atoms with Gasteiger partial charge in [0.2, 0.25) is 0 Å². The van der Waals surface area contributed by atoms with E-state index in [4.69, 9.17) is 11.6 Å². The second-order valence-electron chi connectivity index (χ2n) is 2.70. The van der Waals surface area contributed by atoms with Gasteiger partial charge >= 0.3 is 0 Å². The Morgan fingerprint density at radius 2 is 2.07 bits per heavy atom. The number of halogens is 1. The van der Waals surface area contributed by atoms with Gasteiger partial charge in [-0.2, -0.15) is 0 Å². The fourth-order valence-electron chi connectivity index (χ4n) is 0.934. The van der Waals surface area contributed by atoms with Crippen molar-refractivity contribution < 1.29 is 9.53 Å². The van der Waals surface area contributed by atoms with E-state index >= 15 is 0 Å². The first-order valence-electron chi connectivity index (χ1n) is 4.18. The minimum Gasteiger partial charge on any atom is -0.358 e. The average Bonchev–Trinajstić information content (AvgIpc) is 2.26. The summed E-state index contributed by atoms with van der Waals surface area (Å²) < 4.78 is 4.67. The van der Waals surface area contributed by atoms with Gasteiger partial charge in [-0.15, -0.1) is 0 Å². The van der Waals surface area contributed by atoms with Crippen LogP contribution in [-0.2, 0) is 9.53 Å². The average molecular weight is 211 g/mol. The van der Waals surface area contributed by atoms with Crippen LogP contribution in [-0.4, -0.2) is 18.5 Å². The molecular formula is C11H11ClO2. The molecule has 0 aliphatic rings. The van der Waals surface area contributed by atoms with Gasteiger partial charge in [0.1, 0.15) is 0 Å². The van der Waals surface area contributed by atoms with Crippen LogP contribution in [0.15, 0.2) is 36.4 Å². The number of ketones is 1. The Balaban J connectivity index is 2.61. The van der Waals surface area contributed by atoms with Gasteiger partial charge in [0.15, 0.2) is 11.3 Å². The SMILES string of the molecule is COC(Cl)C(=O)C=Cc1ccccc1. The van der Waals surface area contributed by atoms with Crippen molar-refractivity contribution in [3.05, 3.63) is 42.0 Å². The van der Waals surface area contributed by atoms with E-state index in [1.54, 1.807) is 6.08 Å². The lowest BCUT2D eigenvalue weighted by atomic mass is 10.2. The van der Waals surface area contributed by atoms with Gasteiger partial charge in [-0.1, -0.05) is 48.0 Å². The molecule has 0 aromatic heterocycles. The number of alkyl halides is 1. The highest BCUT2D eigenvalue weighted by molar-refractivity contribution is 6.32. The molecule has 1 aromatic rings. The Morgan fingerprint density at radius 3 is 2.64 bits per heavy atom. The Kier molecular flexibility index (Phi) is 4.36. The quantitative estimate of drug-likeness (QED) is 0.564. The normalized spacial score (nSPS) is 13.0. The predicted molar refractivity (Wildman–Crippen MR) is 57.1 cm³/mol. The van der Waals surface area contributed by atoms with Gasteiger partial charge in [0.05, 0.1) is 0 Å². The second-order valence-corrected chi connectivity index (χ2v) is 3.09. The number of benzene rings is 1. The summed E-state index contributed by atoms with van der Waals surface area (Å²) in [5.74, 6) is -0.252. The summed E-state index contributed by atoms with van der Waals surface area (Å²) in [6, 6.07) is 9.52. The van der Waals surface area contributed by atoms with Crippen molar-refractivity contribution in [2.24, 2.45) is 0 Å². The number of ether oxygens (including phenoxy) is 1. The van der Waals surface area contributed by atoms with Gasteiger partial charge < -0.3 is 4.74 Å². The maximum Gasteiger partial charge on any atom is 0.199 e. The van der Waals surface area contributed by atoms with E-state index in [1.165, 1.54) is 13.2 Å². The lowest BCUT2D eigenvalue weighted by molar-refractivity contribution is -0.119. The Bertz CT molecular complexity index is 319. The molecule has 0 fully saturated rings. The van der Waals surface area contributed by atoms with Crippen LogP contribution in [0.4, 0.5) is 0 Å². The van der Waals surface area contributed by atoms with E-state index in [1.807, 2.05) is 30.3 Å². The Labute approximate surface area is 88.1 Å². The molecule has 0 saturated heterocycles. The van der Waals surface area contributed by atoms with E-state index in [0.717, 1.165) is 5.56 Å². The number of rotatable bonds is 4. The minimum absolute atomic E-state index is 0.252. The molecular weight excluding hydrogens is 200 g/mol. The zero-order valence-corrected chi connectivity index (χ0v) is 8.57. The largest absolute Gasteiger partial charge is 0.358 e.